The Balaban J connectivity index is 0.000000984. The number of carbonyl (C=O) groups excluding carboxylic acids is 4. The zero-order valence-electron chi connectivity index (χ0n) is 26.9. The number of thioether (sulfide) groups is 1. The lowest BCUT2D eigenvalue weighted by Crippen LogP contribution is -2.53. The number of hydrogen-bond donors (Lipinski definition) is 4. The lowest BCUT2D eigenvalue weighted by Gasteiger charge is -2.32. The number of methoxy groups -OCH3 is 1. The van der Waals surface area contributed by atoms with Crippen molar-refractivity contribution in [2.75, 3.05) is 32.2 Å². The van der Waals surface area contributed by atoms with Crippen molar-refractivity contribution in [3.05, 3.63) is 48.0 Å². The number of ether oxygens (including phenoxy) is 1. The van der Waals surface area contributed by atoms with E-state index < -0.39 is 30.2 Å². The lowest BCUT2D eigenvalue weighted by atomic mass is 9.97. The van der Waals surface area contributed by atoms with Crippen LogP contribution in [0.1, 0.15) is 45.1 Å². The molecule has 0 unspecified atom stereocenters. The van der Waals surface area contributed by atoms with Crippen molar-refractivity contribution in [1.29, 1.82) is 0 Å². The van der Waals surface area contributed by atoms with Gasteiger partial charge in [-0.1, -0.05) is 62.7 Å². The number of aliphatic carboxylic acids is 1. The van der Waals surface area contributed by atoms with Crippen LogP contribution in [0.25, 0.3) is 10.8 Å². The number of amides is 3. The summed E-state index contributed by atoms with van der Waals surface area (Å²) in [4.78, 5) is 61.2. The molecule has 15 heteroatoms. The number of carboxylic acids is 1. The number of nitrogens with one attached hydrogen (secondary N) is 3. The maximum Gasteiger partial charge on any atom is 0.490 e. The van der Waals surface area contributed by atoms with Gasteiger partial charge in [0, 0.05) is 25.6 Å². The Morgan fingerprint density at radius 2 is 1.79 bits per heavy atom. The first-order chi connectivity index (χ1) is 22.2. The maximum absolute atomic E-state index is 13.3. The summed E-state index contributed by atoms with van der Waals surface area (Å²) < 4.78 is 36.7. The van der Waals surface area contributed by atoms with E-state index in [-0.39, 0.29) is 36.2 Å². The van der Waals surface area contributed by atoms with Gasteiger partial charge in [0.15, 0.2) is 0 Å². The maximum atomic E-state index is 13.3. The van der Waals surface area contributed by atoms with Crippen molar-refractivity contribution in [3.63, 3.8) is 0 Å². The first kappa shape index (κ1) is 39.3. The molecule has 0 spiro atoms. The van der Waals surface area contributed by atoms with Crippen LogP contribution in [0.2, 0.25) is 0 Å². The molecule has 0 aliphatic carbocycles. The molecule has 47 heavy (non-hydrogen) atoms. The molecule has 3 amide bonds. The number of halogens is 3. The number of hydrogen-bond acceptors (Lipinski definition) is 8. The van der Waals surface area contributed by atoms with Gasteiger partial charge in [-0.2, -0.15) is 24.9 Å². The predicted octanol–water partition coefficient (Wildman–Crippen LogP) is 3.50. The first-order valence-corrected chi connectivity index (χ1v) is 16.5. The van der Waals surface area contributed by atoms with Crippen LogP contribution in [-0.4, -0.2) is 96.2 Å². The van der Waals surface area contributed by atoms with E-state index >= 15 is 0 Å². The van der Waals surface area contributed by atoms with E-state index in [1.165, 1.54) is 7.11 Å². The summed E-state index contributed by atoms with van der Waals surface area (Å²) in [5.41, 5.74) is 1.06. The molecule has 11 nitrogen and oxygen atoms in total. The number of rotatable bonds is 15. The molecular weight excluding hydrogens is 641 g/mol. The van der Waals surface area contributed by atoms with Crippen molar-refractivity contribution in [2.24, 2.45) is 5.92 Å². The first-order valence-electron chi connectivity index (χ1n) is 15.1. The van der Waals surface area contributed by atoms with E-state index in [4.69, 9.17) is 14.6 Å². The van der Waals surface area contributed by atoms with E-state index in [1.807, 2.05) is 35.4 Å². The molecule has 1 aliphatic heterocycles. The fourth-order valence-corrected chi connectivity index (χ4v) is 5.42. The average Bonchev–Trinajstić information content (AvgIpc) is 3.48. The molecule has 2 aromatic carbocycles. The minimum Gasteiger partial charge on any atom is -0.475 e. The van der Waals surface area contributed by atoms with Gasteiger partial charge in [0.05, 0.1) is 13.7 Å². The summed E-state index contributed by atoms with van der Waals surface area (Å²) in [7, 11) is 1.32. The van der Waals surface area contributed by atoms with Crippen molar-refractivity contribution in [3.8, 4) is 0 Å². The second-order valence-electron chi connectivity index (χ2n) is 11.2. The summed E-state index contributed by atoms with van der Waals surface area (Å²) in [6.07, 6.45) is -1.01. The topological polar surface area (TPSA) is 154 Å². The Kier molecular flexibility index (Phi) is 16.0. The van der Waals surface area contributed by atoms with Gasteiger partial charge in [0.2, 0.25) is 17.7 Å². The molecule has 1 aliphatic rings. The highest BCUT2D eigenvalue weighted by atomic mass is 32.2. The highest BCUT2D eigenvalue weighted by Crippen LogP contribution is 2.21. The molecule has 0 bridgehead atoms. The third-order valence-electron chi connectivity index (χ3n) is 7.74. The third kappa shape index (κ3) is 13.1. The molecule has 0 aromatic heterocycles. The molecular formula is C32H43F3N4O7S. The summed E-state index contributed by atoms with van der Waals surface area (Å²) in [6.45, 7) is 5.08. The summed E-state index contributed by atoms with van der Waals surface area (Å²) in [6, 6.07) is 12.7. The van der Waals surface area contributed by atoms with E-state index in [9.17, 15) is 32.3 Å². The van der Waals surface area contributed by atoms with Crippen LogP contribution >= 0.6 is 11.8 Å². The lowest BCUT2D eigenvalue weighted by molar-refractivity contribution is -0.192. The van der Waals surface area contributed by atoms with E-state index in [1.54, 1.807) is 11.8 Å². The quantitative estimate of drug-likeness (QED) is 0.207. The smallest absolute Gasteiger partial charge is 0.475 e. The monoisotopic (exact) mass is 684 g/mol. The summed E-state index contributed by atoms with van der Waals surface area (Å²) >= 11 is 1.60. The number of nitrogens with zero attached hydrogens (tertiary/aromatic N) is 1. The number of fused-ring (bicyclic) bond motifs is 1. The average molecular weight is 685 g/mol. The van der Waals surface area contributed by atoms with Gasteiger partial charge in [-0.15, -0.1) is 0 Å². The van der Waals surface area contributed by atoms with Gasteiger partial charge >= 0.3 is 18.1 Å². The molecule has 1 fully saturated rings. The number of carboxylic acid groups (broad SMARTS) is 1. The van der Waals surface area contributed by atoms with Gasteiger partial charge in [0.25, 0.3) is 0 Å². The largest absolute Gasteiger partial charge is 0.490 e. The second kappa shape index (κ2) is 19.1. The molecule has 0 radical (unpaired) electrons. The van der Waals surface area contributed by atoms with Crippen LogP contribution in [0.3, 0.4) is 0 Å². The Bertz CT molecular complexity index is 1370. The summed E-state index contributed by atoms with van der Waals surface area (Å²) in [5.74, 6) is -2.99. The number of benzene rings is 2. The van der Waals surface area contributed by atoms with Gasteiger partial charge in [-0.3, -0.25) is 19.3 Å². The minimum atomic E-state index is -5.08. The number of carbonyl (C=O) groups is 5. The van der Waals surface area contributed by atoms with Crippen molar-refractivity contribution in [1.82, 2.24) is 20.9 Å². The summed E-state index contributed by atoms with van der Waals surface area (Å²) in [5, 5.41) is 18.1. The standard InChI is InChI=1S/C30H42N4O5S.C2HF3O2/c1-5-20(2)26(33-29(37)24-13-14-27(35)31-24)18-34(17-22-11-8-10-21-9-6-7-12-23(21)22)19-28(36)32-25(15-16-40-4)30(38)39-3;3-2(4,5)1(6)7/h6-12,20,24-26H,5,13-19H2,1-4H3,(H,31,35)(H,32,36)(H,33,37);(H,6,7)/t20-,24-,25-,26+;/m0./s1. The van der Waals surface area contributed by atoms with E-state index in [0.29, 0.717) is 38.1 Å². The normalized spacial score (nSPS) is 16.3. The highest BCUT2D eigenvalue weighted by Gasteiger charge is 2.38. The highest BCUT2D eigenvalue weighted by molar-refractivity contribution is 7.98. The van der Waals surface area contributed by atoms with Gasteiger partial charge < -0.3 is 25.8 Å². The minimum absolute atomic E-state index is 0.0406. The SMILES string of the molecule is CC[C@H](C)[C@@H](CN(CC(=O)N[C@@H](CCSC)C(=O)OC)Cc1cccc2ccccc12)NC(=O)[C@@H]1CCC(=O)N1.O=C(O)C(F)(F)F. The zero-order valence-corrected chi connectivity index (χ0v) is 27.7. The molecule has 3 rings (SSSR count). The Morgan fingerprint density at radius 1 is 1.13 bits per heavy atom. The molecule has 4 atom stereocenters. The Hall–Kier alpha value is -3.85. The molecule has 0 saturated carbocycles. The molecule has 1 heterocycles. The molecule has 1 saturated heterocycles. The van der Waals surface area contributed by atoms with Crippen LogP contribution < -0.4 is 16.0 Å². The van der Waals surface area contributed by atoms with Crippen molar-refractivity contribution >= 4 is 52.2 Å². The van der Waals surface area contributed by atoms with Crippen molar-refractivity contribution in [2.45, 2.75) is 70.4 Å². The van der Waals surface area contributed by atoms with Crippen LogP contribution in [0, 0.1) is 5.92 Å². The van der Waals surface area contributed by atoms with Gasteiger partial charge in [-0.05, 0) is 47.1 Å². The van der Waals surface area contributed by atoms with Gasteiger partial charge in [-0.25, -0.2) is 9.59 Å². The van der Waals surface area contributed by atoms with Crippen LogP contribution in [0.5, 0.6) is 0 Å². The Labute approximate surface area is 276 Å². The number of alkyl halides is 3. The fraction of sp³-hybridized carbons (Fsp3) is 0.531. The van der Waals surface area contributed by atoms with E-state index in [0.717, 1.165) is 22.8 Å². The van der Waals surface area contributed by atoms with E-state index in [2.05, 4.69) is 48.0 Å². The molecule has 2 aromatic rings. The third-order valence-corrected chi connectivity index (χ3v) is 8.38. The molecule has 260 valence electrons. The van der Waals surface area contributed by atoms with Crippen molar-refractivity contribution < 1.29 is 47.0 Å². The van der Waals surface area contributed by atoms with Gasteiger partial charge in [0.1, 0.15) is 12.1 Å². The number of esters is 1. The molecule has 4 N–H and O–H groups in total. The van der Waals surface area contributed by atoms with Crippen LogP contribution in [0.15, 0.2) is 42.5 Å². The Morgan fingerprint density at radius 3 is 2.36 bits per heavy atom. The van der Waals surface area contributed by atoms with Crippen LogP contribution in [0.4, 0.5) is 13.2 Å². The fourth-order valence-electron chi connectivity index (χ4n) is 4.95. The zero-order chi connectivity index (χ0) is 35.1. The van der Waals surface area contributed by atoms with Crippen LogP contribution in [-0.2, 0) is 35.3 Å². The second-order valence-corrected chi connectivity index (χ2v) is 12.2. The predicted molar refractivity (Wildman–Crippen MR) is 172 cm³/mol.